The van der Waals surface area contributed by atoms with Crippen molar-refractivity contribution in [3.8, 4) is 11.5 Å². The molecular weight excluding hydrogens is 322 g/mol. The third-order valence-electron chi connectivity index (χ3n) is 4.33. The van der Waals surface area contributed by atoms with Crippen LogP contribution in [0.3, 0.4) is 0 Å². The molecule has 1 unspecified atom stereocenters. The molecular formula is C18H25N3O4. The number of methoxy groups -OCH3 is 2. The van der Waals surface area contributed by atoms with E-state index in [1.807, 2.05) is 12.1 Å². The second-order valence-corrected chi connectivity index (χ2v) is 6.04. The number of aromatic nitrogens is 1. The highest BCUT2D eigenvalue weighted by molar-refractivity contribution is 5.88. The Morgan fingerprint density at radius 2 is 2.20 bits per heavy atom. The quantitative estimate of drug-likeness (QED) is 0.656. The number of benzene rings is 1. The Morgan fingerprint density at radius 1 is 1.32 bits per heavy atom. The van der Waals surface area contributed by atoms with Gasteiger partial charge in [0.2, 0.25) is 5.91 Å². The van der Waals surface area contributed by atoms with Gasteiger partial charge < -0.3 is 29.8 Å². The Kier molecular flexibility index (Phi) is 5.78. The average molecular weight is 347 g/mol. The van der Waals surface area contributed by atoms with Gasteiger partial charge in [-0.2, -0.15) is 0 Å². The number of ether oxygens (including phenoxy) is 3. The number of hydrogen-bond donors (Lipinski definition) is 3. The number of hydrogen-bond acceptors (Lipinski definition) is 5. The summed E-state index contributed by atoms with van der Waals surface area (Å²) in [5.74, 6) is 1.49. The van der Waals surface area contributed by atoms with Crippen molar-refractivity contribution in [2.45, 2.75) is 18.9 Å². The number of rotatable bonds is 7. The van der Waals surface area contributed by atoms with Gasteiger partial charge in [-0.15, -0.1) is 0 Å². The summed E-state index contributed by atoms with van der Waals surface area (Å²) >= 11 is 0. The maximum Gasteiger partial charge on any atom is 0.250 e. The standard InChI is InChI=1S/C18H25N3O4/c1-23-13-9-15-14(16(10-13)24-2)8-12(21-15)4-3-5-20-18(22)17-11-19-6-7-25-17/h8-10,17,19,21H,3-7,11H2,1-2H3,(H,20,22). The summed E-state index contributed by atoms with van der Waals surface area (Å²) in [5.41, 5.74) is 2.09. The highest BCUT2D eigenvalue weighted by atomic mass is 16.5. The zero-order valence-electron chi connectivity index (χ0n) is 14.7. The Bertz CT molecular complexity index is 722. The van der Waals surface area contributed by atoms with Gasteiger partial charge in [-0.3, -0.25) is 4.79 Å². The third kappa shape index (κ3) is 4.24. The van der Waals surface area contributed by atoms with Crippen molar-refractivity contribution < 1.29 is 19.0 Å². The lowest BCUT2D eigenvalue weighted by molar-refractivity contribution is -0.134. The number of aromatic amines is 1. The molecule has 0 bridgehead atoms. The molecule has 1 aliphatic heterocycles. The molecule has 0 spiro atoms. The normalized spacial score (nSPS) is 17.4. The summed E-state index contributed by atoms with van der Waals surface area (Å²) in [4.78, 5) is 15.4. The van der Waals surface area contributed by atoms with Crippen LogP contribution in [-0.4, -0.2) is 57.5 Å². The summed E-state index contributed by atoms with van der Waals surface area (Å²) in [7, 11) is 3.29. The molecule has 1 atom stereocenters. The van der Waals surface area contributed by atoms with Crippen LogP contribution in [0, 0.1) is 0 Å². The molecule has 3 N–H and O–H groups in total. The van der Waals surface area contributed by atoms with Crippen molar-refractivity contribution >= 4 is 16.8 Å². The first kappa shape index (κ1) is 17.6. The molecule has 1 saturated heterocycles. The summed E-state index contributed by atoms with van der Waals surface area (Å²) in [6.07, 6.45) is 1.31. The molecule has 2 heterocycles. The lowest BCUT2D eigenvalue weighted by atomic mass is 10.2. The fraction of sp³-hybridized carbons (Fsp3) is 0.500. The number of H-pyrrole nitrogens is 1. The zero-order chi connectivity index (χ0) is 17.6. The van der Waals surface area contributed by atoms with E-state index in [0.717, 1.165) is 47.5 Å². The number of nitrogens with one attached hydrogen (secondary N) is 3. The van der Waals surface area contributed by atoms with Crippen LogP contribution in [0.2, 0.25) is 0 Å². The fourth-order valence-electron chi connectivity index (χ4n) is 3.00. The Hall–Kier alpha value is -2.25. The van der Waals surface area contributed by atoms with Crippen LogP contribution in [-0.2, 0) is 16.0 Å². The Balaban J connectivity index is 1.53. The number of amides is 1. The first-order valence-electron chi connectivity index (χ1n) is 8.55. The van der Waals surface area contributed by atoms with Crippen LogP contribution in [0.25, 0.3) is 10.9 Å². The summed E-state index contributed by atoms with van der Waals surface area (Å²) in [6, 6.07) is 5.92. The van der Waals surface area contributed by atoms with Gasteiger partial charge in [0.15, 0.2) is 0 Å². The van der Waals surface area contributed by atoms with Crippen LogP contribution in [0.1, 0.15) is 12.1 Å². The van der Waals surface area contributed by atoms with E-state index in [1.54, 1.807) is 14.2 Å². The number of fused-ring (bicyclic) bond motifs is 1. The minimum atomic E-state index is -0.376. The van der Waals surface area contributed by atoms with Crippen LogP contribution in [0.4, 0.5) is 0 Å². The maximum atomic E-state index is 12.0. The number of carbonyl (C=O) groups is 1. The lowest BCUT2D eigenvalue weighted by Gasteiger charge is -2.22. The van der Waals surface area contributed by atoms with Crippen molar-refractivity contribution in [1.82, 2.24) is 15.6 Å². The van der Waals surface area contributed by atoms with Crippen molar-refractivity contribution in [1.29, 1.82) is 0 Å². The highest BCUT2D eigenvalue weighted by Crippen LogP contribution is 2.31. The molecule has 1 amide bonds. The van der Waals surface area contributed by atoms with E-state index in [-0.39, 0.29) is 12.0 Å². The first-order valence-corrected chi connectivity index (χ1v) is 8.55. The third-order valence-corrected chi connectivity index (χ3v) is 4.33. The molecule has 0 radical (unpaired) electrons. The van der Waals surface area contributed by atoms with Gasteiger partial charge in [0.25, 0.3) is 0 Å². The molecule has 0 saturated carbocycles. The monoisotopic (exact) mass is 347 g/mol. The van der Waals surface area contributed by atoms with Crippen LogP contribution >= 0.6 is 0 Å². The van der Waals surface area contributed by atoms with E-state index >= 15 is 0 Å². The van der Waals surface area contributed by atoms with E-state index in [4.69, 9.17) is 14.2 Å². The van der Waals surface area contributed by atoms with Crippen LogP contribution < -0.4 is 20.1 Å². The highest BCUT2D eigenvalue weighted by Gasteiger charge is 2.20. The molecule has 1 fully saturated rings. The van der Waals surface area contributed by atoms with E-state index < -0.39 is 0 Å². The van der Waals surface area contributed by atoms with Crippen molar-refractivity contribution in [2.24, 2.45) is 0 Å². The van der Waals surface area contributed by atoms with Crippen molar-refractivity contribution in [2.75, 3.05) is 40.5 Å². The molecule has 2 aromatic rings. The van der Waals surface area contributed by atoms with Gasteiger partial charge in [0.05, 0.1) is 26.3 Å². The molecule has 7 nitrogen and oxygen atoms in total. The summed E-state index contributed by atoms with van der Waals surface area (Å²) in [6.45, 7) is 2.58. The zero-order valence-corrected chi connectivity index (χ0v) is 14.7. The minimum Gasteiger partial charge on any atom is -0.497 e. The largest absolute Gasteiger partial charge is 0.497 e. The Labute approximate surface area is 147 Å². The molecule has 25 heavy (non-hydrogen) atoms. The predicted molar refractivity (Wildman–Crippen MR) is 95.3 cm³/mol. The molecule has 1 aromatic heterocycles. The average Bonchev–Trinajstić information content (AvgIpc) is 3.07. The van der Waals surface area contributed by atoms with E-state index in [2.05, 4.69) is 21.7 Å². The van der Waals surface area contributed by atoms with Crippen molar-refractivity contribution in [3.05, 3.63) is 23.9 Å². The van der Waals surface area contributed by atoms with Gasteiger partial charge >= 0.3 is 0 Å². The van der Waals surface area contributed by atoms with Crippen LogP contribution in [0.5, 0.6) is 11.5 Å². The van der Waals surface area contributed by atoms with Crippen molar-refractivity contribution in [3.63, 3.8) is 0 Å². The second kappa shape index (κ2) is 8.22. The topological polar surface area (TPSA) is 84.6 Å². The predicted octanol–water partition coefficient (Wildman–Crippen LogP) is 1.22. The first-order chi connectivity index (χ1) is 12.2. The SMILES string of the molecule is COc1cc(OC)c2cc(CCCNC(=O)C3CNCCO3)[nH]c2c1. The fourth-order valence-corrected chi connectivity index (χ4v) is 3.00. The van der Waals surface area contributed by atoms with Crippen LogP contribution in [0.15, 0.2) is 18.2 Å². The van der Waals surface area contributed by atoms with E-state index in [0.29, 0.717) is 19.7 Å². The molecule has 7 heteroatoms. The van der Waals surface area contributed by atoms with Gasteiger partial charge in [-0.05, 0) is 18.9 Å². The van der Waals surface area contributed by atoms with E-state index in [9.17, 15) is 4.79 Å². The van der Waals surface area contributed by atoms with Gasteiger partial charge in [0, 0.05) is 42.8 Å². The lowest BCUT2D eigenvalue weighted by Crippen LogP contribution is -2.48. The van der Waals surface area contributed by atoms with Gasteiger partial charge in [-0.25, -0.2) is 0 Å². The number of morpholine rings is 1. The number of aryl methyl sites for hydroxylation is 1. The molecule has 1 aliphatic rings. The molecule has 0 aliphatic carbocycles. The van der Waals surface area contributed by atoms with E-state index in [1.165, 1.54) is 0 Å². The second-order valence-electron chi connectivity index (χ2n) is 6.04. The summed E-state index contributed by atoms with van der Waals surface area (Å²) < 4.78 is 16.2. The molecule has 136 valence electrons. The van der Waals surface area contributed by atoms with Gasteiger partial charge in [-0.1, -0.05) is 0 Å². The molecule has 3 rings (SSSR count). The summed E-state index contributed by atoms with van der Waals surface area (Å²) in [5, 5.41) is 7.12. The molecule has 1 aromatic carbocycles. The van der Waals surface area contributed by atoms with Gasteiger partial charge in [0.1, 0.15) is 17.6 Å². The number of carbonyl (C=O) groups excluding carboxylic acids is 1. The smallest absolute Gasteiger partial charge is 0.250 e. The minimum absolute atomic E-state index is 0.0461. The maximum absolute atomic E-state index is 12.0. The Morgan fingerprint density at radius 3 is 2.92 bits per heavy atom.